The first-order valence-electron chi connectivity index (χ1n) is 7.22. The van der Waals surface area contributed by atoms with Crippen molar-refractivity contribution >= 4 is 11.3 Å². The Balaban J connectivity index is 1.86. The molecule has 0 aliphatic heterocycles. The highest BCUT2D eigenvalue weighted by atomic mass is 32.1. The van der Waals surface area contributed by atoms with Gasteiger partial charge in [-0.3, -0.25) is 4.90 Å². The van der Waals surface area contributed by atoms with Gasteiger partial charge in [0.05, 0.1) is 13.1 Å². The van der Waals surface area contributed by atoms with Gasteiger partial charge in [0.2, 0.25) is 0 Å². The molecule has 0 aromatic carbocycles. The number of thiophene rings is 1. The molecule has 0 saturated carbocycles. The summed E-state index contributed by atoms with van der Waals surface area (Å²) in [6.45, 7) is 7.09. The monoisotopic (exact) mass is 292 g/mol. The Labute approximate surface area is 125 Å². The molecular formula is C16H24N2OS. The molecule has 0 saturated heterocycles. The van der Waals surface area contributed by atoms with E-state index in [1.54, 1.807) is 11.3 Å². The molecule has 0 radical (unpaired) electrons. The van der Waals surface area contributed by atoms with Crippen molar-refractivity contribution in [2.75, 3.05) is 13.6 Å². The minimum absolute atomic E-state index is 0.418. The number of nitrogens with one attached hydrogen (secondary N) is 1. The van der Waals surface area contributed by atoms with E-state index < -0.39 is 0 Å². The summed E-state index contributed by atoms with van der Waals surface area (Å²) in [4.78, 5) is 3.71. The molecule has 0 aliphatic carbocycles. The van der Waals surface area contributed by atoms with E-state index in [-0.39, 0.29) is 0 Å². The molecule has 2 rings (SSSR count). The van der Waals surface area contributed by atoms with Crippen molar-refractivity contribution < 1.29 is 4.42 Å². The van der Waals surface area contributed by atoms with Crippen LogP contribution in [0.15, 0.2) is 34.1 Å². The summed E-state index contributed by atoms with van der Waals surface area (Å²) < 4.78 is 5.87. The molecule has 1 unspecified atom stereocenters. The van der Waals surface area contributed by atoms with Crippen molar-refractivity contribution in [3.63, 3.8) is 0 Å². The van der Waals surface area contributed by atoms with Gasteiger partial charge in [0.25, 0.3) is 0 Å². The summed E-state index contributed by atoms with van der Waals surface area (Å²) in [7, 11) is 2.14. The lowest BCUT2D eigenvalue weighted by Gasteiger charge is -2.22. The van der Waals surface area contributed by atoms with Crippen LogP contribution in [0, 0.1) is 0 Å². The summed E-state index contributed by atoms with van der Waals surface area (Å²) in [6.07, 6.45) is 1.15. The molecule has 0 spiro atoms. The van der Waals surface area contributed by atoms with E-state index in [2.05, 4.69) is 60.8 Å². The third-order valence-electron chi connectivity index (χ3n) is 3.46. The zero-order valence-corrected chi connectivity index (χ0v) is 13.4. The van der Waals surface area contributed by atoms with Gasteiger partial charge in [-0.25, -0.2) is 0 Å². The molecule has 0 fully saturated rings. The van der Waals surface area contributed by atoms with Crippen LogP contribution < -0.4 is 5.32 Å². The lowest BCUT2D eigenvalue weighted by molar-refractivity contribution is 0.232. The molecule has 1 N–H and O–H groups in total. The Bertz CT molecular complexity index is 492. The van der Waals surface area contributed by atoms with Crippen molar-refractivity contribution in [3.8, 4) is 0 Å². The average molecular weight is 292 g/mol. The van der Waals surface area contributed by atoms with Gasteiger partial charge in [0.1, 0.15) is 11.5 Å². The van der Waals surface area contributed by atoms with Gasteiger partial charge in [0.15, 0.2) is 0 Å². The first kappa shape index (κ1) is 15.3. The topological polar surface area (TPSA) is 28.4 Å². The van der Waals surface area contributed by atoms with E-state index in [9.17, 15) is 0 Å². The normalized spacial score (nSPS) is 13.0. The summed E-state index contributed by atoms with van der Waals surface area (Å²) in [5, 5.41) is 5.49. The predicted molar refractivity (Wildman–Crippen MR) is 84.9 cm³/mol. The van der Waals surface area contributed by atoms with Gasteiger partial charge >= 0.3 is 0 Å². The lowest BCUT2D eigenvalue weighted by Crippen LogP contribution is -2.20. The van der Waals surface area contributed by atoms with Gasteiger partial charge in [-0.05, 0) is 50.5 Å². The van der Waals surface area contributed by atoms with Gasteiger partial charge in [0, 0.05) is 10.9 Å². The van der Waals surface area contributed by atoms with Crippen molar-refractivity contribution in [2.24, 2.45) is 0 Å². The summed E-state index contributed by atoms with van der Waals surface area (Å²) in [6, 6.07) is 8.87. The molecule has 4 heteroatoms. The smallest absolute Gasteiger partial charge is 0.118 e. The van der Waals surface area contributed by atoms with E-state index in [0.717, 1.165) is 37.6 Å². The zero-order valence-electron chi connectivity index (χ0n) is 12.6. The highest BCUT2D eigenvalue weighted by Crippen LogP contribution is 2.25. The van der Waals surface area contributed by atoms with Gasteiger partial charge < -0.3 is 9.73 Å². The van der Waals surface area contributed by atoms with Crippen LogP contribution in [0.2, 0.25) is 0 Å². The fourth-order valence-electron chi connectivity index (χ4n) is 2.12. The summed E-state index contributed by atoms with van der Waals surface area (Å²) >= 11 is 1.81. The standard InChI is InChI=1S/C16H24N2OS/c1-4-9-17-11-14-7-8-15(19-14)12-18(3)13(2)16-6-5-10-20-16/h5-8,10,13,17H,4,9,11-12H2,1-3H3. The molecular weight excluding hydrogens is 268 g/mol. The summed E-state index contributed by atoms with van der Waals surface area (Å²) in [5.74, 6) is 2.05. The molecule has 0 aliphatic rings. The van der Waals surface area contributed by atoms with Gasteiger partial charge in [-0.15, -0.1) is 11.3 Å². The number of hydrogen-bond donors (Lipinski definition) is 1. The second-order valence-electron chi connectivity index (χ2n) is 5.15. The highest BCUT2D eigenvalue weighted by molar-refractivity contribution is 7.10. The van der Waals surface area contributed by atoms with Crippen molar-refractivity contribution in [1.29, 1.82) is 0 Å². The molecule has 110 valence electrons. The van der Waals surface area contributed by atoms with Crippen LogP contribution in [-0.4, -0.2) is 18.5 Å². The Kier molecular flexibility index (Phi) is 5.83. The first-order valence-corrected chi connectivity index (χ1v) is 8.10. The average Bonchev–Trinajstić information content (AvgIpc) is 3.09. The largest absolute Gasteiger partial charge is 0.463 e. The molecule has 0 amide bonds. The fourth-order valence-corrected chi connectivity index (χ4v) is 2.97. The van der Waals surface area contributed by atoms with Crippen LogP contribution in [0.5, 0.6) is 0 Å². The fraction of sp³-hybridized carbons (Fsp3) is 0.500. The Morgan fingerprint density at radius 3 is 2.80 bits per heavy atom. The van der Waals surface area contributed by atoms with Crippen molar-refractivity contribution in [3.05, 3.63) is 46.0 Å². The van der Waals surface area contributed by atoms with Crippen LogP contribution in [0.1, 0.15) is 42.7 Å². The first-order chi connectivity index (χ1) is 9.70. The number of furan rings is 1. The van der Waals surface area contributed by atoms with E-state index in [4.69, 9.17) is 4.42 Å². The molecule has 2 aromatic rings. The van der Waals surface area contributed by atoms with E-state index in [0.29, 0.717) is 6.04 Å². The summed E-state index contributed by atoms with van der Waals surface area (Å²) in [5.41, 5.74) is 0. The number of rotatable bonds is 8. The van der Waals surface area contributed by atoms with Crippen LogP contribution >= 0.6 is 11.3 Å². The molecule has 20 heavy (non-hydrogen) atoms. The van der Waals surface area contributed by atoms with Gasteiger partial charge in [-0.1, -0.05) is 13.0 Å². The van der Waals surface area contributed by atoms with Crippen LogP contribution in [0.25, 0.3) is 0 Å². The SMILES string of the molecule is CCCNCc1ccc(CN(C)C(C)c2cccs2)o1. The Hall–Kier alpha value is -1.10. The van der Waals surface area contributed by atoms with Crippen LogP contribution in [-0.2, 0) is 13.1 Å². The number of hydrogen-bond acceptors (Lipinski definition) is 4. The lowest BCUT2D eigenvalue weighted by atomic mass is 10.2. The molecule has 0 bridgehead atoms. The Morgan fingerprint density at radius 1 is 1.30 bits per heavy atom. The van der Waals surface area contributed by atoms with Gasteiger partial charge in [-0.2, -0.15) is 0 Å². The molecule has 2 aromatic heterocycles. The zero-order chi connectivity index (χ0) is 14.4. The Morgan fingerprint density at radius 2 is 2.10 bits per heavy atom. The number of nitrogens with zero attached hydrogens (tertiary/aromatic N) is 1. The maximum atomic E-state index is 5.87. The second-order valence-corrected chi connectivity index (χ2v) is 6.13. The minimum atomic E-state index is 0.418. The second kappa shape index (κ2) is 7.62. The third kappa shape index (κ3) is 4.20. The van der Waals surface area contributed by atoms with Crippen molar-refractivity contribution in [2.45, 2.75) is 39.4 Å². The van der Waals surface area contributed by atoms with E-state index in [1.807, 2.05) is 0 Å². The minimum Gasteiger partial charge on any atom is -0.463 e. The van der Waals surface area contributed by atoms with E-state index in [1.165, 1.54) is 4.88 Å². The van der Waals surface area contributed by atoms with Crippen LogP contribution in [0.3, 0.4) is 0 Å². The van der Waals surface area contributed by atoms with Crippen molar-refractivity contribution in [1.82, 2.24) is 10.2 Å². The molecule has 3 nitrogen and oxygen atoms in total. The van der Waals surface area contributed by atoms with E-state index >= 15 is 0 Å². The third-order valence-corrected chi connectivity index (χ3v) is 4.51. The quantitative estimate of drug-likeness (QED) is 0.745. The molecule has 1 atom stereocenters. The maximum Gasteiger partial charge on any atom is 0.118 e. The maximum absolute atomic E-state index is 5.87. The molecule has 2 heterocycles. The van der Waals surface area contributed by atoms with Crippen LogP contribution in [0.4, 0.5) is 0 Å². The predicted octanol–water partition coefficient (Wildman–Crippen LogP) is 4.03. The highest BCUT2D eigenvalue weighted by Gasteiger charge is 2.14.